The van der Waals surface area contributed by atoms with Crippen molar-refractivity contribution < 1.29 is 28.2 Å². The number of furan rings is 1. The lowest BCUT2D eigenvalue weighted by atomic mass is 10.2. The summed E-state index contributed by atoms with van der Waals surface area (Å²) in [5.74, 6) is 1.29. The molecule has 0 saturated carbocycles. The van der Waals surface area contributed by atoms with E-state index < -0.39 is 11.9 Å². The molecule has 2 aromatic rings. The third-order valence-electron chi connectivity index (χ3n) is 3.91. The highest BCUT2D eigenvalue weighted by molar-refractivity contribution is 7.98. The molecule has 1 aromatic heterocycles. The van der Waals surface area contributed by atoms with E-state index in [1.54, 1.807) is 30.0 Å². The van der Waals surface area contributed by atoms with E-state index in [2.05, 4.69) is 10.6 Å². The Morgan fingerprint density at radius 3 is 2.32 bits per heavy atom. The summed E-state index contributed by atoms with van der Waals surface area (Å²) in [6, 6.07) is 5.67. The lowest BCUT2D eigenvalue weighted by Gasteiger charge is -2.19. The summed E-state index contributed by atoms with van der Waals surface area (Å²) in [5, 5.41) is 5.50. The lowest BCUT2D eigenvalue weighted by Crippen LogP contribution is -2.44. The number of carbonyl (C=O) groups is 2. The maximum absolute atomic E-state index is 12.8. The first kappa shape index (κ1) is 21.5. The van der Waals surface area contributed by atoms with Crippen molar-refractivity contribution >= 4 is 29.3 Å². The van der Waals surface area contributed by atoms with Gasteiger partial charge in [-0.3, -0.25) is 9.59 Å². The van der Waals surface area contributed by atoms with E-state index in [0.717, 1.165) is 0 Å². The molecule has 0 fully saturated rings. The highest BCUT2D eigenvalue weighted by atomic mass is 32.2. The fraction of sp³-hybridized carbons (Fsp3) is 0.368. The summed E-state index contributed by atoms with van der Waals surface area (Å²) in [7, 11) is 4.49. The van der Waals surface area contributed by atoms with Gasteiger partial charge in [0.15, 0.2) is 17.3 Å². The van der Waals surface area contributed by atoms with Crippen LogP contribution in [0.3, 0.4) is 0 Å². The quantitative estimate of drug-likeness (QED) is 0.624. The molecule has 152 valence electrons. The second kappa shape index (κ2) is 10.5. The van der Waals surface area contributed by atoms with Gasteiger partial charge in [0, 0.05) is 17.8 Å². The molecule has 2 rings (SSSR count). The standard InChI is InChI=1S/C19H24N2O6S/c1-24-15-10-12(11-16(25-2)17(15)26-3)20-18(22)13(7-9-28-4)21-19(23)14-6-5-8-27-14/h5-6,8,10-11,13H,7,9H2,1-4H3,(H,20,22)(H,21,23)/t13-/m0/s1. The molecule has 0 aliphatic heterocycles. The van der Waals surface area contributed by atoms with Crippen molar-refractivity contribution in [2.24, 2.45) is 0 Å². The van der Waals surface area contributed by atoms with E-state index in [0.29, 0.717) is 35.1 Å². The zero-order chi connectivity index (χ0) is 20.5. The van der Waals surface area contributed by atoms with Crippen LogP contribution in [0.4, 0.5) is 5.69 Å². The highest BCUT2D eigenvalue weighted by Crippen LogP contribution is 2.39. The molecule has 2 amide bonds. The fourth-order valence-corrected chi connectivity index (χ4v) is 3.00. The molecule has 0 bridgehead atoms. The van der Waals surface area contributed by atoms with Gasteiger partial charge in [-0.2, -0.15) is 11.8 Å². The SMILES string of the molecule is COc1cc(NC(=O)[C@H](CCSC)NC(=O)c2ccco2)cc(OC)c1OC. The molecule has 0 aliphatic carbocycles. The second-order valence-corrected chi connectivity index (χ2v) is 6.67. The van der Waals surface area contributed by atoms with Gasteiger partial charge in [-0.1, -0.05) is 0 Å². The van der Waals surface area contributed by atoms with Crippen LogP contribution >= 0.6 is 11.8 Å². The van der Waals surface area contributed by atoms with Gasteiger partial charge < -0.3 is 29.3 Å². The minimum atomic E-state index is -0.732. The average Bonchev–Trinajstić information content (AvgIpc) is 3.25. The Morgan fingerprint density at radius 2 is 1.82 bits per heavy atom. The molecular formula is C19H24N2O6S. The van der Waals surface area contributed by atoms with Crippen LogP contribution in [-0.2, 0) is 4.79 Å². The van der Waals surface area contributed by atoms with Crippen LogP contribution in [0.25, 0.3) is 0 Å². The number of rotatable bonds is 10. The average molecular weight is 408 g/mol. The van der Waals surface area contributed by atoms with E-state index in [1.165, 1.54) is 33.7 Å². The van der Waals surface area contributed by atoms with Crippen molar-refractivity contribution in [1.82, 2.24) is 5.32 Å². The van der Waals surface area contributed by atoms with Crippen molar-refractivity contribution in [1.29, 1.82) is 0 Å². The number of nitrogens with one attached hydrogen (secondary N) is 2. The maximum Gasteiger partial charge on any atom is 0.287 e. The van der Waals surface area contributed by atoms with Crippen molar-refractivity contribution in [3.05, 3.63) is 36.3 Å². The van der Waals surface area contributed by atoms with Crippen LogP contribution in [-0.4, -0.2) is 51.2 Å². The first-order chi connectivity index (χ1) is 13.5. The zero-order valence-corrected chi connectivity index (χ0v) is 17.1. The number of methoxy groups -OCH3 is 3. The van der Waals surface area contributed by atoms with Gasteiger partial charge in [-0.25, -0.2) is 0 Å². The predicted molar refractivity (Wildman–Crippen MR) is 108 cm³/mol. The number of carbonyl (C=O) groups excluding carboxylic acids is 2. The Bertz CT molecular complexity index is 769. The van der Waals surface area contributed by atoms with E-state index in [1.807, 2.05) is 6.26 Å². The molecule has 8 nitrogen and oxygen atoms in total. The molecule has 1 atom stereocenters. The van der Waals surface area contributed by atoms with Crippen molar-refractivity contribution in [2.45, 2.75) is 12.5 Å². The highest BCUT2D eigenvalue weighted by Gasteiger charge is 2.23. The summed E-state index contributed by atoms with van der Waals surface area (Å²) in [5.41, 5.74) is 0.459. The summed E-state index contributed by atoms with van der Waals surface area (Å²) >= 11 is 1.58. The van der Waals surface area contributed by atoms with E-state index in [-0.39, 0.29) is 11.7 Å². The summed E-state index contributed by atoms with van der Waals surface area (Å²) in [4.78, 5) is 25.1. The fourth-order valence-electron chi connectivity index (χ4n) is 2.52. The second-order valence-electron chi connectivity index (χ2n) is 5.69. The Labute approximate surface area is 167 Å². The molecule has 9 heteroatoms. The minimum absolute atomic E-state index is 0.148. The molecule has 28 heavy (non-hydrogen) atoms. The van der Waals surface area contributed by atoms with Crippen molar-refractivity contribution in [2.75, 3.05) is 38.7 Å². The van der Waals surface area contributed by atoms with Gasteiger partial charge in [0.25, 0.3) is 5.91 Å². The molecule has 1 aromatic carbocycles. The molecule has 0 unspecified atom stereocenters. The van der Waals surface area contributed by atoms with Gasteiger partial charge in [0.1, 0.15) is 6.04 Å². The molecule has 1 heterocycles. The molecule has 0 aliphatic rings. The topological polar surface area (TPSA) is 99.0 Å². The molecule has 0 saturated heterocycles. The third kappa shape index (κ3) is 5.35. The van der Waals surface area contributed by atoms with Crippen molar-refractivity contribution in [3.8, 4) is 17.2 Å². The number of anilines is 1. The predicted octanol–water partition coefficient (Wildman–Crippen LogP) is 2.80. The van der Waals surface area contributed by atoms with Crippen LogP contribution in [0.2, 0.25) is 0 Å². The number of thioether (sulfide) groups is 1. The zero-order valence-electron chi connectivity index (χ0n) is 16.2. The first-order valence-corrected chi connectivity index (χ1v) is 9.87. The van der Waals surface area contributed by atoms with Crippen LogP contribution in [0.15, 0.2) is 34.9 Å². The molecule has 2 N–H and O–H groups in total. The first-order valence-electron chi connectivity index (χ1n) is 8.48. The van der Waals surface area contributed by atoms with Gasteiger partial charge >= 0.3 is 0 Å². The number of benzene rings is 1. The van der Waals surface area contributed by atoms with Crippen LogP contribution in [0.1, 0.15) is 17.0 Å². The van der Waals surface area contributed by atoms with Crippen LogP contribution in [0.5, 0.6) is 17.2 Å². The van der Waals surface area contributed by atoms with E-state index in [9.17, 15) is 9.59 Å². The van der Waals surface area contributed by atoms with Gasteiger partial charge in [0.05, 0.1) is 27.6 Å². The maximum atomic E-state index is 12.8. The van der Waals surface area contributed by atoms with E-state index in [4.69, 9.17) is 18.6 Å². The smallest absolute Gasteiger partial charge is 0.287 e. The lowest BCUT2D eigenvalue weighted by molar-refractivity contribution is -0.118. The summed E-state index contributed by atoms with van der Waals surface area (Å²) < 4.78 is 21.0. The van der Waals surface area contributed by atoms with Crippen LogP contribution < -0.4 is 24.8 Å². The largest absolute Gasteiger partial charge is 0.493 e. The van der Waals surface area contributed by atoms with Gasteiger partial charge in [-0.15, -0.1) is 0 Å². The Balaban J connectivity index is 2.19. The molecule has 0 spiro atoms. The molecular weight excluding hydrogens is 384 g/mol. The number of hydrogen-bond acceptors (Lipinski definition) is 7. The summed E-state index contributed by atoms with van der Waals surface area (Å²) in [6.45, 7) is 0. The molecule has 0 radical (unpaired) electrons. The van der Waals surface area contributed by atoms with Crippen LogP contribution in [0, 0.1) is 0 Å². The van der Waals surface area contributed by atoms with Gasteiger partial charge in [0.2, 0.25) is 11.7 Å². The van der Waals surface area contributed by atoms with E-state index >= 15 is 0 Å². The third-order valence-corrected chi connectivity index (χ3v) is 4.55. The monoisotopic (exact) mass is 408 g/mol. The Kier molecular flexibility index (Phi) is 8.06. The summed E-state index contributed by atoms with van der Waals surface area (Å²) in [6.07, 6.45) is 3.80. The Hall–Kier alpha value is -2.81. The number of amides is 2. The number of ether oxygens (including phenoxy) is 3. The van der Waals surface area contributed by atoms with Crippen molar-refractivity contribution in [3.63, 3.8) is 0 Å². The minimum Gasteiger partial charge on any atom is -0.493 e. The number of hydrogen-bond donors (Lipinski definition) is 2. The normalized spacial score (nSPS) is 11.4. The van der Waals surface area contributed by atoms with Gasteiger partial charge in [-0.05, 0) is 30.6 Å². The Morgan fingerprint density at radius 1 is 1.14 bits per heavy atom.